The van der Waals surface area contributed by atoms with Gasteiger partial charge < -0.3 is 5.32 Å². The lowest BCUT2D eigenvalue weighted by Crippen LogP contribution is -2.16. The van der Waals surface area contributed by atoms with Crippen LogP contribution in [-0.2, 0) is 0 Å². The summed E-state index contributed by atoms with van der Waals surface area (Å²) >= 11 is 5.49. The zero-order valence-corrected chi connectivity index (χ0v) is 13.6. The van der Waals surface area contributed by atoms with Gasteiger partial charge in [0.2, 0.25) is 0 Å². The van der Waals surface area contributed by atoms with Crippen molar-refractivity contribution < 1.29 is 0 Å². The first-order valence-corrected chi connectivity index (χ1v) is 8.33. The number of aryl methyl sites for hydroxylation is 1. The molecule has 1 unspecified atom stereocenters. The Kier molecular flexibility index (Phi) is 3.79. The molecule has 100 valence electrons. The van der Waals surface area contributed by atoms with Crippen molar-refractivity contribution in [3.63, 3.8) is 0 Å². The number of rotatable bonds is 4. The lowest BCUT2D eigenvalue weighted by molar-refractivity contribution is 0.537. The van der Waals surface area contributed by atoms with Crippen LogP contribution < -0.4 is 5.32 Å². The molecule has 1 nitrogen and oxygen atoms in total. The summed E-state index contributed by atoms with van der Waals surface area (Å²) in [4.78, 5) is 2.84. The van der Waals surface area contributed by atoms with Crippen LogP contribution in [0.3, 0.4) is 0 Å². The number of benzene rings is 1. The van der Waals surface area contributed by atoms with Crippen molar-refractivity contribution in [2.24, 2.45) is 5.92 Å². The summed E-state index contributed by atoms with van der Waals surface area (Å²) in [7, 11) is 2.08. The van der Waals surface area contributed by atoms with Crippen molar-refractivity contribution in [2.45, 2.75) is 25.8 Å². The Morgan fingerprint density at radius 2 is 2.05 bits per heavy atom. The van der Waals surface area contributed by atoms with Gasteiger partial charge >= 0.3 is 0 Å². The monoisotopic (exact) mass is 335 g/mol. The van der Waals surface area contributed by atoms with E-state index in [2.05, 4.69) is 65.5 Å². The second kappa shape index (κ2) is 5.39. The van der Waals surface area contributed by atoms with Crippen LogP contribution in [0.15, 0.2) is 34.8 Å². The summed E-state index contributed by atoms with van der Waals surface area (Å²) < 4.78 is 1.18. The third kappa shape index (κ3) is 2.78. The zero-order chi connectivity index (χ0) is 13.4. The van der Waals surface area contributed by atoms with E-state index in [4.69, 9.17) is 0 Å². The Bertz CT molecular complexity index is 586. The second-order valence-electron chi connectivity index (χ2n) is 5.27. The first-order chi connectivity index (χ1) is 9.19. The number of hydrogen-bond donors (Lipinski definition) is 1. The van der Waals surface area contributed by atoms with Gasteiger partial charge in [-0.2, -0.15) is 0 Å². The third-order valence-electron chi connectivity index (χ3n) is 3.78. The molecule has 0 amide bonds. The molecule has 1 aromatic carbocycles. The van der Waals surface area contributed by atoms with E-state index in [0.717, 1.165) is 5.92 Å². The van der Waals surface area contributed by atoms with Crippen molar-refractivity contribution >= 4 is 27.3 Å². The second-order valence-corrected chi connectivity index (χ2v) is 7.24. The molecule has 1 aliphatic rings. The number of hydrogen-bond acceptors (Lipinski definition) is 2. The molecule has 1 heterocycles. The molecule has 19 heavy (non-hydrogen) atoms. The normalized spacial score (nSPS) is 16.6. The minimum atomic E-state index is 0.551. The van der Waals surface area contributed by atoms with Crippen LogP contribution in [0, 0.1) is 12.8 Å². The fourth-order valence-corrected chi connectivity index (χ4v) is 3.97. The Hall–Kier alpha value is -0.640. The molecule has 3 rings (SSSR count). The van der Waals surface area contributed by atoms with E-state index in [0.29, 0.717) is 6.04 Å². The predicted octanol–water partition coefficient (Wildman–Crippen LogP) is 5.16. The van der Waals surface area contributed by atoms with Gasteiger partial charge in [-0.15, -0.1) is 11.3 Å². The highest BCUT2D eigenvalue weighted by molar-refractivity contribution is 9.10. The lowest BCUT2D eigenvalue weighted by atomic mass is 10.1. The van der Waals surface area contributed by atoms with Gasteiger partial charge in [-0.3, -0.25) is 0 Å². The summed E-state index contributed by atoms with van der Waals surface area (Å²) in [5.41, 5.74) is 2.61. The molecule has 1 atom stereocenters. The SMILES string of the molecule is CNC(c1ccc(-c2ccc(Br)c(C)c2)s1)C1CC1. The fraction of sp³-hybridized carbons (Fsp3) is 0.375. The average Bonchev–Trinajstić information content (AvgIpc) is 3.11. The van der Waals surface area contributed by atoms with E-state index >= 15 is 0 Å². The van der Waals surface area contributed by atoms with Gasteiger partial charge in [0.1, 0.15) is 0 Å². The molecule has 3 heteroatoms. The quantitative estimate of drug-likeness (QED) is 0.813. The maximum atomic E-state index is 3.56. The standard InChI is InChI=1S/C16H18BrNS/c1-10-9-12(5-6-13(10)17)14-7-8-15(19-14)16(18-2)11-3-4-11/h5-9,11,16,18H,3-4H2,1-2H3. The van der Waals surface area contributed by atoms with E-state index in [9.17, 15) is 0 Å². The Balaban J connectivity index is 1.89. The molecule has 1 aromatic heterocycles. The van der Waals surface area contributed by atoms with Gasteiger partial charge in [-0.05, 0) is 68.1 Å². The van der Waals surface area contributed by atoms with Crippen LogP contribution in [0.2, 0.25) is 0 Å². The summed E-state index contributed by atoms with van der Waals surface area (Å²) in [6.45, 7) is 2.14. The molecule has 1 aliphatic carbocycles. The van der Waals surface area contributed by atoms with E-state index in [1.165, 1.54) is 38.2 Å². The largest absolute Gasteiger partial charge is 0.312 e. The lowest BCUT2D eigenvalue weighted by Gasteiger charge is -2.12. The van der Waals surface area contributed by atoms with Crippen molar-refractivity contribution in [3.8, 4) is 10.4 Å². The van der Waals surface area contributed by atoms with Crippen molar-refractivity contribution in [1.82, 2.24) is 5.32 Å². The summed E-state index contributed by atoms with van der Waals surface area (Å²) in [5, 5.41) is 3.47. The van der Waals surface area contributed by atoms with Gasteiger partial charge in [0.15, 0.2) is 0 Å². The van der Waals surface area contributed by atoms with Crippen LogP contribution in [0.4, 0.5) is 0 Å². The maximum Gasteiger partial charge on any atom is 0.0441 e. The number of thiophene rings is 1. The van der Waals surface area contributed by atoms with Gasteiger partial charge in [0.25, 0.3) is 0 Å². The number of halogens is 1. The van der Waals surface area contributed by atoms with E-state index < -0.39 is 0 Å². The van der Waals surface area contributed by atoms with Crippen molar-refractivity contribution in [2.75, 3.05) is 7.05 Å². The van der Waals surface area contributed by atoms with Crippen LogP contribution in [0.1, 0.15) is 29.3 Å². The number of nitrogens with one attached hydrogen (secondary N) is 1. The molecule has 2 aromatic rings. The highest BCUT2D eigenvalue weighted by Gasteiger charge is 2.32. The van der Waals surface area contributed by atoms with Gasteiger partial charge in [-0.1, -0.05) is 22.0 Å². The highest BCUT2D eigenvalue weighted by atomic mass is 79.9. The molecular weight excluding hydrogens is 318 g/mol. The van der Waals surface area contributed by atoms with Crippen LogP contribution >= 0.6 is 27.3 Å². The summed E-state index contributed by atoms with van der Waals surface area (Å²) in [6.07, 6.45) is 2.74. The first kappa shape index (κ1) is 13.3. The maximum absolute atomic E-state index is 3.56. The molecule has 1 saturated carbocycles. The van der Waals surface area contributed by atoms with Gasteiger partial charge in [0.05, 0.1) is 0 Å². The first-order valence-electron chi connectivity index (χ1n) is 6.72. The molecule has 1 N–H and O–H groups in total. The van der Waals surface area contributed by atoms with Gasteiger partial charge in [-0.25, -0.2) is 0 Å². The fourth-order valence-electron chi connectivity index (χ4n) is 2.51. The molecule has 0 aliphatic heterocycles. The smallest absolute Gasteiger partial charge is 0.0441 e. The molecular formula is C16H18BrNS. The van der Waals surface area contributed by atoms with Crippen molar-refractivity contribution in [3.05, 3.63) is 45.2 Å². The zero-order valence-electron chi connectivity index (χ0n) is 11.2. The molecule has 0 radical (unpaired) electrons. The highest BCUT2D eigenvalue weighted by Crippen LogP contribution is 2.44. The molecule has 0 spiro atoms. The molecule has 0 bridgehead atoms. The van der Waals surface area contributed by atoms with Crippen LogP contribution in [0.25, 0.3) is 10.4 Å². The summed E-state index contributed by atoms with van der Waals surface area (Å²) in [5.74, 6) is 0.850. The van der Waals surface area contributed by atoms with Crippen molar-refractivity contribution in [1.29, 1.82) is 0 Å². The van der Waals surface area contributed by atoms with E-state index in [1.54, 1.807) is 0 Å². The molecule has 0 saturated heterocycles. The third-order valence-corrected chi connectivity index (χ3v) is 5.89. The Morgan fingerprint density at radius 3 is 2.68 bits per heavy atom. The van der Waals surface area contributed by atoms with E-state index in [-0.39, 0.29) is 0 Å². The van der Waals surface area contributed by atoms with Crippen LogP contribution in [0.5, 0.6) is 0 Å². The van der Waals surface area contributed by atoms with Crippen LogP contribution in [-0.4, -0.2) is 7.05 Å². The average molecular weight is 336 g/mol. The predicted molar refractivity (Wildman–Crippen MR) is 86.7 cm³/mol. The Labute approximate surface area is 127 Å². The minimum absolute atomic E-state index is 0.551. The van der Waals surface area contributed by atoms with E-state index in [1.807, 2.05) is 11.3 Å². The Morgan fingerprint density at radius 1 is 1.26 bits per heavy atom. The summed E-state index contributed by atoms with van der Waals surface area (Å²) in [6, 6.07) is 11.7. The topological polar surface area (TPSA) is 12.0 Å². The molecule has 1 fully saturated rings. The van der Waals surface area contributed by atoms with Gasteiger partial charge in [0, 0.05) is 20.3 Å². The minimum Gasteiger partial charge on any atom is -0.312 e.